The average Bonchev–Trinajstić information content (AvgIpc) is 2.19. The van der Waals surface area contributed by atoms with Gasteiger partial charge in [0.05, 0.1) is 4.99 Å². The first-order valence-corrected chi connectivity index (χ1v) is 6.32. The number of halogens is 3. The summed E-state index contributed by atoms with van der Waals surface area (Å²) in [5.74, 6) is -1.72. The van der Waals surface area contributed by atoms with Gasteiger partial charge in [-0.3, -0.25) is 0 Å². The third-order valence-electron chi connectivity index (χ3n) is 2.58. The summed E-state index contributed by atoms with van der Waals surface area (Å²) >= 11 is 4.52. The van der Waals surface area contributed by atoms with E-state index in [0.717, 1.165) is 6.42 Å². The van der Waals surface area contributed by atoms with Crippen molar-refractivity contribution in [2.75, 3.05) is 40.3 Å². The van der Waals surface area contributed by atoms with Gasteiger partial charge in [-0.05, 0) is 27.1 Å². The Hall–Kier alpha value is -0.400. The van der Waals surface area contributed by atoms with Crippen LogP contribution in [0.3, 0.4) is 0 Å². The first-order valence-electron chi connectivity index (χ1n) is 5.91. The molecule has 0 spiro atoms. The first-order chi connectivity index (χ1) is 8.18. The Balaban J connectivity index is 4.56. The third kappa shape index (κ3) is 7.13. The Bertz CT molecular complexity index is 256. The van der Waals surface area contributed by atoms with E-state index >= 15 is 0 Å². The lowest BCUT2D eigenvalue weighted by Crippen LogP contribution is -2.45. The van der Waals surface area contributed by atoms with Gasteiger partial charge < -0.3 is 15.5 Å². The molecular weight excluding hydrogens is 263 g/mol. The van der Waals surface area contributed by atoms with Gasteiger partial charge in [-0.15, -0.1) is 0 Å². The minimum absolute atomic E-state index is 0.152. The van der Waals surface area contributed by atoms with E-state index in [4.69, 9.17) is 5.73 Å². The molecule has 1 atom stereocenters. The van der Waals surface area contributed by atoms with Gasteiger partial charge in [0.25, 0.3) is 0 Å². The number of alkyl halides is 3. The van der Waals surface area contributed by atoms with Crippen LogP contribution in [0, 0.1) is 5.92 Å². The molecule has 0 radical (unpaired) electrons. The second kappa shape index (κ2) is 7.91. The van der Waals surface area contributed by atoms with Crippen LogP contribution in [-0.4, -0.2) is 61.2 Å². The van der Waals surface area contributed by atoms with Crippen LogP contribution < -0.4 is 5.73 Å². The molecule has 0 saturated carbocycles. The van der Waals surface area contributed by atoms with E-state index in [0.29, 0.717) is 19.6 Å². The van der Waals surface area contributed by atoms with E-state index in [1.165, 1.54) is 0 Å². The monoisotopic (exact) mass is 285 g/mol. The van der Waals surface area contributed by atoms with E-state index in [1.807, 2.05) is 25.9 Å². The second-order valence-corrected chi connectivity index (χ2v) is 5.07. The fourth-order valence-electron chi connectivity index (χ4n) is 1.57. The molecule has 108 valence electrons. The Kier molecular flexibility index (Phi) is 7.73. The number of rotatable bonds is 8. The molecule has 18 heavy (non-hydrogen) atoms. The first kappa shape index (κ1) is 17.6. The maximum atomic E-state index is 12.8. The van der Waals surface area contributed by atoms with Crippen LogP contribution in [0.2, 0.25) is 0 Å². The van der Waals surface area contributed by atoms with Crippen LogP contribution in [0.25, 0.3) is 0 Å². The molecule has 0 aliphatic rings. The zero-order chi connectivity index (χ0) is 14.3. The van der Waals surface area contributed by atoms with Crippen LogP contribution in [0.5, 0.6) is 0 Å². The van der Waals surface area contributed by atoms with Gasteiger partial charge in [-0.25, -0.2) is 0 Å². The van der Waals surface area contributed by atoms with Crippen molar-refractivity contribution < 1.29 is 13.2 Å². The summed E-state index contributed by atoms with van der Waals surface area (Å²) in [4.78, 5) is 3.22. The minimum Gasteiger partial charge on any atom is -0.393 e. The van der Waals surface area contributed by atoms with Crippen molar-refractivity contribution in [2.24, 2.45) is 11.7 Å². The molecule has 0 fully saturated rings. The normalized spacial score (nSPS) is 14.2. The van der Waals surface area contributed by atoms with E-state index in [2.05, 4.69) is 12.2 Å². The van der Waals surface area contributed by atoms with Gasteiger partial charge >= 0.3 is 6.18 Å². The Morgan fingerprint density at radius 1 is 1.22 bits per heavy atom. The Morgan fingerprint density at radius 3 is 2.11 bits per heavy atom. The molecule has 7 heteroatoms. The SMILES string of the molecule is CCCN(CCN(C)C)CC(C(N)=S)C(F)(F)F. The van der Waals surface area contributed by atoms with Crippen LogP contribution in [0.4, 0.5) is 13.2 Å². The van der Waals surface area contributed by atoms with Crippen molar-refractivity contribution in [1.29, 1.82) is 0 Å². The number of hydrogen-bond donors (Lipinski definition) is 1. The second-order valence-electron chi connectivity index (χ2n) is 4.60. The van der Waals surface area contributed by atoms with E-state index < -0.39 is 17.1 Å². The highest BCUT2D eigenvalue weighted by Gasteiger charge is 2.42. The highest BCUT2D eigenvalue weighted by molar-refractivity contribution is 7.80. The van der Waals surface area contributed by atoms with Crippen LogP contribution >= 0.6 is 12.2 Å². The standard InChI is InChI=1S/C11H22F3N3S/c1-4-5-17(7-6-16(2)3)8-9(10(15)18)11(12,13)14/h9H,4-8H2,1-3H3,(H2,15,18). The summed E-state index contributed by atoms with van der Waals surface area (Å²) in [5, 5.41) is 0. The molecule has 3 nitrogen and oxygen atoms in total. The molecule has 0 heterocycles. The molecular formula is C11H22F3N3S. The van der Waals surface area contributed by atoms with Crippen molar-refractivity contribution in [3.8, 4) is 0 Å². The Morgan fingerprint density at radius 2 is 1.78 bits per heavy atom. The number of nitrogens with zero attached hydrogens (tertiary/aromatic N) is 2. The highest BCUT2D eigenvalue weighted by Crippen LogP contribution is 2.27. The number of likely N-dealkylation sites (N-methyl/N-ethyl adjacent to an activating group) is 1. The van der Waals surface area contributed by atoms with Crippen molar-refractivity contribution in [1.82, 2.24) is 9.80 Å². The highest BCUT2D eigenvalue weighted by atomic mass is 32.1. The predicted molar refractivity (Wildman–Crippen MR) is 71.6 cm³/mol. The number of hydrogen-bond acceptors (Lipinski definition) is 3. The summed E-state index contributed by atoms with van der Waals surface area (Å²) in [6.45, 7) is 3.69. The van der Waals surface area contributed by atoms with E-state index in [-0.39, 0.29) is 6.54 Å². The lowest BCUT2D eigenvalue weighted by Gasteiger charge is -2.28. The molecule has 0 saturated heterocycles. The van der Waals surface area contributed by atoms with Crippen LogP contribution in [-0.2, 0) is 0 Å². The maximum Gasteiger partial charge on any atom is 0.399 e. The molecule has 0 rings (SSSR count). The third-order valence-corrected chi connectivity index (χ3v) is 2.87. The summed E-state index contributed by atoms with van der Waals surface area (Å²) < 4.78 is 38.3. The fourth-order valence-corrected chi connectivity index (χ4v) is 1.77. The van der Waals surface area contributed by atoms with Gasteiger partial charge in [0.15, 0.2) is 0 Å². The molecule has 0 aromatic rings. The van der Waals surface area contributed by atoms with Crippen molar-refractivity contribution in [2.45, 2.75) is 19.5 Å². The summed E-state index contributed by atoms with van der Waals surface area (Å²) in [6, 6.07) is 0. The molecule has 0 bridgehead atoms. The summed E-state index contributed by atoms with van der Waals surface area (Å²) in [7, 11) is 3.78. The smallest absolute Gasteiger partial charge is 0.393 e. The molecule has 0 aliphatic carbocycles. The quantitative estimate of drug-likeness (QED) is 0.688. The fraction of sp³-hybridized carbons (Fsp3) is 0.909. The lowest BCUT2D eigenvalue weighted by atomic mass is 10.1. The van der Waals surface area contributed by atoms with E-state index in [9.17, 15) is 13.2 Å². The largest absolute Gasteiger partial charge is 0.399 e. The topological polar surface area (TPSA) is 32.5 Å². The molecule has 1 unspecified atom stereocenters. The van der Waals surface area contributed by atoms with Crippen molar-refractivity contribution >= 4 is 17.2 Å². The van der Waals surface area contributed by atoms with Gasteiger partial charge in [0.2, 0.25) is 0 Å². The molecule has 0 amide bonds. The average molecular weight is 285 g/mol. The molecule has 0 aromatic heterocycles. The van der Waals surface area contributed by atoms with Crippen LogP contribution in [0.15, 0.2) is 0 Å². The number of thiocarbonyl (C=S) groups is 1. The summed E-state index contributed by atoms with van der Waals surface area (Å²) in [5.41, 5.74) is 5.20. The van der Waals surface area contributed by atoms with Gasteiger partial charge in [-0.2, -0.15) is 13.2 Å². The Labute approximate surface area is 112 Å². The predicted octanol–water partition coefficient (Wildman–Crippen LogP) is 1.72. The summed E-state index contributed by atoms with van der Waals surface area (Å²) in [6.07, 6.45) is -3.56. The van der Waals surface area contributed by atoms with Gasteiger partial charge in [0.1, 0.15) is 5.92 Å². The molecule has 0 aliphatic heterocycles. The number of nitrogens with two attached hydrogens (primary N) is 1. The maximum absolute atomic E-state index is 12.8. The van der Waals surface area contributed by atoms with Gasteiger partial charge in [-0.1, -0.05) is 19.1 Å². The van der Waals surface area contributed by atoms with Gasteiger partial charge in [0, 0.05) is 19.6 Å². The van der Waals surface area contributed by atoms with Crippen molar-refractivity contribution in [3.63, 3.8) is 0 Å². The van der Waals surface area contributed by atoms with Crippen LogP contribution in [0.1, 0.15) is 13.3 Å². The van der Waals surface area contributed by atoms with Crippen molar-refractivity contribution in [3.05, 3.63) is 0 Å². The van der Waals surface area contributed by atoms with E-state index in [1.54, 1.807) is 4.90 Å². The minimum atomic E-state index is -4.37. The molecule has 0 aromatic carbocycles. The zero-order valence-electron chi connectivity index (χ0n) is 11.1. The lowest BCUT2D eigenvalue weighted by molar-refractivity contribution is -0.159. The zero-order valence-corrected chi connectivity index (χ0v) is 11.9. The molecule has 2 N–H and O–H groups in total.